The van der Waals surface area contributed by atoms with Crippen molar-refractivity contribution < 1.29 is 9.59 Å². The molecule has 0 aliphatic rings. The zero-order valence-electron chi connectivity index (χ0n) is 11.7. The zero-order chi connectivity index (χ0) is 15.2. The maximum atomic E-state index is 10.9. The van der Waals surface area contributed by atoms with E-state index in [2.05, 4.69) is 15.6 Å². The van der Waals surface area contributed by atoms with Crippen LogP contribution in [0.15, 0.2) is 34.5 Å². The van der Waals surface area contributed by atoms with Gasteiger partial charge < -0.3 is 10.6 Å². The van der Waals surface area contributed by atoms with E-state index in [4.69, 9.17) is 0 Å². The lowest BCUT2D eigenvalue weighted by Crippen LogP contribution is -2.05. The van der Waals surface area contributed by atoms with Crippen molar-refractivity contribution in [1.29, 1.82) is 0 Å². The van der Waals surface area contributed by atoms with Gasteiger partial charge in [-0.1, -0.05) is 0 Å². The Morgan fingerprint density at radius 3 is 2.43 bits per heavy atom. The molecular formula is C14H15N3O2S2. The molecule has 0 saturated carbocycles. The Morgan fingerprint density at radius 1 is 1.14 bits per heavy atom. The van der Waals surface area contributed by atoms with Crippen molar-refractivity contribution in [1.82, 2.24) is 4.98 Å². The zero-order valence-corrected chi connectivity index (χ0v) is 13.3. The van der Waals surface area contributed by atoms with Crippen LogP contribution in [0.1, 0.15) is 19.5 Å². The summed E-state index contributed by atoms with van der Waals surface area (Å²) in [6, 6.07) is 7.65. The number of rotatable bonds is 5. The Labute approximate surface area is 131 Å². The summed E-state index contributed by atoms with van der Waals surface area (Å²) < 4.78 is 0. The molecule has 1 aromatic carbocycles. The second-order valence-electron chi connectivity index (χ2n) is 4.32. The van der Waals surface area contributed by atoms with E-state index >= 15 is 0 Å². The number of thiazole rings is 1. The second-order valence-corrected chi connectivity index (χ2v) is 6.23. The van der Waals surface area contributed by atoms with Crippen LogP contribution in [0.3, 0.4) is 0 Å². The predicted octanol–water partition coefficient (Wildman–Crippen LogP) is 3.35. The van der Waals surface area contributed by atoms with Crippen LogP contribution in [0.5, 0.6) is 0 Å². The van der Waals surface area contributed by atoms with Crippen LogP contribution in [0.4, 0.5) is 10.8 Å². The Morgan fingerprint density at radius 2 is 1.81 bits per heavy atom. The van der Waals surface area contributed by atoms with Crippen LogP contribution in [0.2, 0.25) is 0 Å². The van der Waals surface area contributed by atoms with Crippen LogP contribution in [-0.4, -0.2) is 16.8 Å². The van der Waals surface area contributed by atoms with Crippen molar-refractivity contribution in [2.45, 2.75) is 24.5 Å². The van der Waals surface area contributed by atoms with Gasteiger partial charge in [-0.25, -0.2) is 4.98 Å². The first-order valence-corrected chi connectivity index (χ1v) is 8.12. The van der Waals surface area contributed by atoms with E-state index in [1.165, 1.54) is 25.2 Å². The number of anilines is 2. The summed E-state index contributed by atoms with van der Waals surface area (Å²) >= 11 is 3.07. The van der Waals surface area contributed by atoms with E-state index in [1.54, 1.807) is 11.8 Å². The number of benzene rings is 1. The highest BCUT2D eigenvalue weighted by Crippen LogP contribution is 2.26. The van der Waals surface area contributed by atoms with E-state index < -0.39 is 0 Å². The number of amides is 2. The fourth-order valence-corrected chi connectivity index (χ4v) is 3.23. The molecule has 0 spiro atoms. The van der Waals surface area contributed by atoms with Gasteiger partial charge in [0.15, 0.2) is 5.13 Å². The summed E-state index contributed by atoms with van der Waals surface area (Å²) in [5, 5.41) is 7.95. The maximum absolute atomic E-state index is 10.9. The minimum atomic E-state index is -0.114. The van der Waals surface area contributed by atoms with Gasteiger partial charge in [-0.3, -0.25) is 9.59 Å². The average molecular weight is 321 g/mol. The molecule has 2 rings (SSSR count). The lowest BCUT2D eigenvalue weighted by Gasteiger charge is -2.03. The molecule has 1 heterocycles. The summed E-state index contributed by atoms with van der Waals surface area (Å²) in [5.74, 6) is 0.538. The van der Waals surface area contributed by atoms with Crippen molar-refractivity contribution >= 4 is 45.7 Å². The minimum absolute atomic E-state index is 0.0802. The predicted molar refractivity (Wildman–Crippen MR) is 86.7 cm³/mol. The average Bonchev–Trinajstić information content (AvgIpc) is 2.84. The molecule has 0 unspecified atom stereocenters. The van der Waals surface area contributed by atoms with E-state index in [0.717, 1.165) is 22.0 Å². The van der Waals surface area contributed by atoms with E-state index in [-0.39, 0.29) is 11.8 Å². The number of nitrogens with one attached hydrogen (secondary N) is 2. The first-order chi connectivity index (χ1) is 10.0. The smallest absolute Gasteiger partial charge is 0.223 e. The molecule has 2 aromatic rings. The third-order valence-electron chi connectivity index (χ3n) is 2.40. The number of nitrogens with zero attached hydrogens (tertiary/aromatic N) is 1. The molecular weight excluding hydrogens is 306 g/mol. The minimum Gasteiger partial charge on any atom is -0.326 e. The standard InChI is InChI=1S/C14H15N3O2S2/c1-9(18)15-11-3-5-13(6-4-11)20-7-12-8-21-14(17-12)16-10(2)19/h3-6,8H,7H2,1-2H3,(H,15,18)(H,16,17,19). The fraction of sp³-hybridized carbons (Fsp3) is 0.214. The van der Waals surface area contributed by atoms with Crippen LogP contribution >= 0.6 is 23.1 Å². The molecule has 2 amide bonds. The highest BCUT2D eigenvalue weighted by Gasteiger charge is 2.04. The quantitative estimate of drug-likeness (QED) is 0.829. The number of hydrogen-bond donors (Lipinski definition) is 2. The first kappa shape index (κ1) is 15.5. The molecule has 0 aliphatic heterocycles. The number of thioether (sulfide) groups is 1. The number of carbonyl (C=O) groups excluding carboxylic acids is 2. The van der Waals surface area contributed by atoms with Crippen molar-refractivity contribution in [3.05, 3.63) is 35.3 Å². The Kier molecular flexibility index (Phi) is 5.35. The highest BCUT2D eigenvalue weighted by molar-refractivity contribution is 7.98. The Balaban J connectivity index is 1.89. The largest absolute Gasteiger partial charge is 0.326 e. The number of hydrogen-bond acceptors (Lipinski definition) is 5. The fourth-order valence-electron chi connectivity index (χ4n) is 1.58. The first-order valence-electron chi connectivity index (χ1n) is 6.25. The van der Waals surface area contributed by atoms with Gasteiger partial charge in [0.05, 0.1) is 5.69 Å². The molecule has 110 valence electrons. The summed E-state index contributed by atoms with van der Waals surface area (Å²) in [5.41, 5.74) is 1.72. The summed E-state index contributed by atoms with van der Waals surface area (Å²) in [6.45, 7) is 2.95. The van der Waals surface area contributed by atoms with Gasteiger partial charge in [-0.15, -0.1) is 23.1 Å². The molecule has 5 nitrogen and oxygen atoms in total. The van der Waals surface area contributed by atoms with Crippen molar-refractivity contribution in [2.75, 3.05) is 10.6 Å². The molecule has 0 atom stereocenters. The lowest BCUT2D eigenvalue weighted by atomic mass is 10.3. The Hall–Kier alpha value is -1.86. The molecule has 1 aromatic heterocycles. The number of carbonyl (C=O) groups is 2. The van der Waals surface area contributed by atoms with Crippen molar-refractivity contribution in [3.8, 4) is 0 Å². The lowest BCUT2D eigenvalue weighted by molar-refractivity contribution is -0.115. The van der Waals surface area contributed by atoms with Gasteiger partial charge in [-0.2, -0.15) is 0 Å². The Bertz CT molecular complexity index is 638. The molecule has 2 N–H and O–H groups in total. The van der Waals surface area contributed by atoms with Gasteiger partial charge in [0.2, 0.25) is 11.8 Å². The monoisotopic (exact) mass is 321 g/mol. The van der Waals surface area contributed by atoms with Crippen LogP contribution in [0.25, 0.3) is 0 Å². The van der Waals surface area contributed by atoms with Crippen LogP contribution < -0.4 is 10.6 Å². The molecule has 0 saturated heterocycles. The summed E-state index contributed by atoms with van der Waals surface area (Å²) in [7, 11) is 0. The van der Waals surface area contributed by atoms with Gasteiger partial charge >= 0.3 is 0 Å². The summed E-state index contributed by atoms with van der Waals surface area (Å²) in [6.07, 6.45) is 0. The maximum Gasteiger partial charge on any atom is 0.223 e. The molecule has 0 fully saturated rings. The molecule has 21 heavy (non-hydrogen) atoms. The van der Waals surface area contributed by atoms with E-state index in [9.17, 15) is 9.59 Å². The normalized spacial score (nSPS) is 10.2. The SMILES string of the molecule is CC(=O)Nc1ccc(SCc2csc(NC(C)=O)n2)cc1. The highest BCUT2D eigenvalue weighted by atomic mass is 32.2. The van der Waals surface area contributed by atoms with Crippen LogP contribution in [0, 0.1) is 0 Å². The van der Waals surface area contributed by atoms with Gasteiger partial charge in [0.1, 0.15) is 0 Å². The molecule has 0 bridgehead atoms. The second kappa shape index (κ2) is 7.24. The summed E-state index contributed by atoms with van der Waals surface area (Å²) in [4.78, 5) is 27.3. The van der Waals surface area contributed by atoms with Gasteiger partial charge in [0.25, 0.3) is 0 Å². The third kappa shape index (κ3) is 5.20. The van der Waals surface area contributed by atoms with Crippen LogP contribution in [-0.2, 0) is 15.3 Å². The van der Waals surface area contributed by atoms with E-state index in [1.807, 2.05) is 29.6 Å². The van der Waals surface area contributed by atoms with Gasteiger partial charge in [-0.05, 0) is 24.3 Å². The topological polar surface area (TPSA) is 71.1 Å². The number of aromatic nitrogens is 1. The van der Waals surface area contributed by atoms with E-state index in [0.29, 0.717) is 5.13 Å². The third-order valence-corrected chi connectivity index (χ3v) is 4.25. The van der Waals surface area contributed by atoms with Crippen molar-refractivity contribution in [3.63, 3.8) is 0 Å². The molecule has 7 heteroatoms. The van der Waals surface area contributed by atoms with Gasteiger partial charge in [0, 0.05) is 35.6 Å². The molecule has 0 aliphatic carbocycles. The van der Waals surface area contributed by atoms with Crippen molar-refractivity contribution in [2.24, 2.45) is 0 Å². The molecule has 0 radical (unpaired) electrons.